The van der Waals surface area contributed by atoms with Crippen LogP contribution in [0.3, 0.4) is 0 Å². The van der Waals surface area contributed by atoms with E-state index in [0.717, 1.165) is 0 Å². The summed E-state index contributed by atoms with van der Waals surface area (Å²) in [6.45, 7) is 0. The van der Waals surface area contributed by atoms with Crippen LogP contribution in [0.1, 0.15) is 0 Å². The second-order valence-corrected chi connectivity index (χ2v) is 2.29. The van der Waals surface area contributed by atoms with Crippen LogP contribution in [-0.2, 0) is 4.79 Å². The SMILES string of the molecule is O=C1C=CNC(O)(S)N1. The third kappa shape index (κ3) is 1.62. The third-order valence-electron chi connectivity index (χ3n) is 0.817. The van der Waals surface area contributed by atoms with E-state index >= 15 is 0 Å². The summed E-state index contributed by atoms with van der Waals surface area (Å²) in [5.41, 5.74) is 0. The monoisotopic (exact) mass is 146 g/mol. The molecule has 50 valence electrons. The molecule has 0 aromatic carbocycles. The van der Waals surface area contributed by atoms with E-state index in [2.05, 4.69) is 23.3 Å². The van der Waals surface area contributed by atoms with Crippen LogP contribution < -0.4 is 10.6 Å². The van der Waals surface area contributed by atoms with E-state index in [9.17, 15) is 4.79 Å². The van der Waals surface area contributed by atoms with E-state index in [1.54, 1.807) is 0 Å². The van der Waals surface area contributed by atoms with Crippen molar-refractivity contribution in [2.24, 2.45) is 0 Å². The van der Waals surface area contributed by atoms with Gasteiger partial charge in [-0.25, -0.2) is 0 Å². The Morgan fingerprint density at radius 2 is 2.44 bits per heavy atom. The largest absolute Gasteiger partial charge is 0.346 e. The van der Waals surface area contributed by atoms with E-state index in [-0.39, 0.29) is 5.91 Å². The number of hydrogen-bond acceptors (Lipinski definition) is 4. The molecule has 0 bridgehead atoms. The standard InChI is InChI=1S/C4H6N2O2S/c7-3-1-2-5-4(8,9)6-3/h1-2,5,8-9H,(H,6,7). The van der Waals surface area contributed by atoms with Crippen molar-refractivity contribution in [2.75, 3.05) is 0 Å². The van der Waals surface area contributed by atoms with E-state index in [1.165, 1.54) is 12.3 Å². The predicted octanol–water partition coefficient (Wildman–Crippen LogP) is -1.25. The molecule has 0 radical (unpaired) electrons. The van der Waals surface area contributed by atoms with Crippen molar-refractivity contribution in [3.05, 3.63) is 12.3 Å². The minimum Gasteiger partial charge on any atom is -0.346 e. The number of thiol groups is 1. The average Bonchev–Trinajstić information content (AvgIpc) is 1.60. The molecule has 1 aliphatic rings. The van der Waals surface area contributed by atoms with E-state index in [0.29, 0.717) is 0 Å². The smallest absolute Gasteiger partial charge is 0.265 e. The molecular formula is C4H6N2O2S. The van der Waals surface area contributed by atoms with Crippen LogP contribution in [-0.4, -0.2) is 16.2 Å². The van der Waals surface area contributed by atoms with Gasteiger partial charge in [-0.1, -0.05) is 12.6 Å². The maximum absolute atomic E-state index is 10.4. The Balaban J connectivity index is 2.68. The van der Waals surface area contributed by atoms with Crippen molar-refractivity contribution >= 4 is 18.5 Å². The fourth-order valence-corrected chi connectivity index (χ4v) is 0.668. The molecule has 5 heteroatoms. The molecule has 0 saturated heterocycles. The van der Waals surface area contributed by atoms with Crippen molar-refractivity contribution in [3.8, 4) is 0 Å². The molecule has 0 saturated carbocycles. The molecule has 0 aliphatic carbocycles. The minimum atomic E-state index is -1.59. The van der Waals surface area contributed by atoms with Gasteiger partial charge >= 0.3 is 0 Å². The van der Waals surface area contributed by atoms with Crippen molar-refractivity contribution < 1.29 is 9.90 Å². The highest BCUT2D eigenvalue weighted by atomic mass is 32.1. The molecule has 1 amide bonds. The zero-order valence-electron chi connectivity index (χ0n) is 4.46. The maximum Gasteiger partial charge on any atom is 0.265 e. The van der Waals surface area contributed by atoms with Gasteiger partial charge in [-0.15, -0.1) is 0 Å². The van der Waals surface area contributed by atoms with Crippen molar-refractivity contribution in [3.63, 3.8) is 0 Å². The normalized spacial score (nSPS) is 33.3. The zero-order valence-corrected chi connectivity index (χ0v) is 5.35. The Morgan fingerprint density at radius 1 is 1.78 bits per heavy atom. The number of aliphatic hydroxyl groups is 1. The van der Waals surface area contributed by atoms with Gasteiger partial charge in [0.05, 0.1) is 0 Å². The molecule has 1 rings (SSSR count). The lowest BCUT2D eigenvalue weighted by atomic mass is 10.5. The summed E-state index contributed by atoms with van der Waals surface area (Å²) in [5, 5.41) is 11.9. The first kappa shape index (κ1) is 6.44. The summed E-state index contributed by atoms with van der Waals surface area (Å²) in [6.07, 6.45) is 2.58. The molecule has 1 atom stereocenters. The first-order valence-corrected chi connectivity index (χ1v) is 2.76. The molecule has 0 aromatic rings. The molecule has 3 N–H and O–H groups in total. The minimum absolute atomic E-state index is 0.369. The molecule has 1 heterocycles. The van der Waals surface area contributed by atoms with E-state index in [1.807, 2.05) is 0 Å². The fourth-order valence-electron chi connectivity index (χ4n) is 0.483. The number of rotatable bonds is 0. The third-order valence-corrected chi connectivity index (χ3v) is 1.06. The first-order valence-electron chi connectivity index (χ1n) is 2.31. The Kier molecular flexibility index (Phi) is 1.38. The first-order chi connectivity index (χ1) is 4.10. The van der Waals surface area contributed by atoms with Gasteiger partial charge in [-0.3, -0.25) is 10.1 Å². The van der Waals surface area contributed by atoms with Gasteiger partial charge in [0.25, 0.3) is 5.18 Å². The molecule has 0 spiro atoms. The number of carbonyl (C=O) groups is 1. The van der Waals surface area contributed by atoms with Gasteiger partial charge in [-0.05, 0) is 0 Å². The predicted molar refractivity (Wildman–Crippen MR) is 34.4 cm³/mol. The quantitative estimate of drug-likeness (QED) is 0.255. The van der Waals surface area contributed by atoms with Crippen LogP contribution in [0.5, 0.6) is 0 Å². The average molecular weight is 146 g/mol. The van der Waals surface area contributed by atoms with Crippen LogP contribution in [0.15, 0.2) is 12.3 Å². The lowest BCUT2D eigenvalue weighted by Gasteiger charge is -2.25. The number of amides is 1. The Morgan fingerprint density at radius 3 is 2.78 bits per heavy atom. The van der Waals surface area contributed by atoms with Gasteiger partial charge in [0.2, 0.25) is 5.91 Å². The Bertz CT molecular complexity index is 166. The molecule has 1 unspecified atom stereocenters. The lowest BCUT2D eigenvalue weighted by molar-refractivity contribution is -0.121. The maximum atomic E-state index is 10.4. The lowest BCUT2D eigenvalue weighted by Crippen LogP contribution is -2.54. The van der Waals surface area contributed by atoms with Crippen LogP contribution in [0.4, 0.5) is 0 Å². The molecule has 0 fully saturated rings. The van der Waals surface area contributed by atoms with Crippen LogP contribution in [0, 0.1) is 0 Å². The van der Waals surface area contributed by atoms with E-state index < -0.39 is 5.18 Å². The van der Waals surface area contributed by atoms with Gasteiger partial charge in [-0.2, -0.15) is 0 Å². The highest BCUT2D eigenvalue weighted by Crippen LogP contribution is 2.02. The summed E-state index contributed by atoms with van der Waals surface area (Å²) in [5.74, 6) is -0.369. The Hall–Kier alpha value is -0.680. The summed E-state index contributed by atoms with van der Waals surface area (Å²) in [4.78, 5) is 10.4. The van der Waals surface area contributed by atoms with Crippen molar-refractivity contribution in [1.29, 1.82) is 0 Å². The highest BCUT2D eigenvalue weighted by Gasteiger charge is 2.23. The molecule has 4 nitrogen and oxygen atoms in total. The zero-order chi connectivity index (χ0) is 6.91. The van der Waals surface area contributed by atoms with Crippen LogP contribution in [0.25, 0.3) is 0 Å². The summed E-state index contributed by atoms with van der Waals surface area (Å²) in [7, 11) is 0. The number of nitrogens with one attached hydrogen (secondary N) is 2. The van der Waals surface area contributed by atoms with E-state index in [4.69, 9.17) is 5.11 Å². The van der Waals surface area contributed by atoms with Crippen LogP contribution in [0.2, 0.25) is 0 Å². The molecular weight excluding hydrogens is 140 g/mol. The number of hydrogen-bond donors (Lipinski definition) is 4. The summed E-state index contributed by atoms with van der Waals surface area (Å²) >= 11 is 3.64. The van der Waals surface area contributed by atoms with Crippen LogP contribution >= 0.6 is 12.6 Å². The van der Waals surface area contributed by atoms with Gasteiger partial charge in [0.1, 0.15) is 0 Å². The van der Waals surface area contributed by atoms with Crippen molar-refractivity contribution in [1.82, 2.24) is 10.6 Å². The second kappa shape index (κ2) is 1.93. The summed E-state index contributed by atoms with van der Waals surface area (Å²) in [6, 6.07) is 0. The molecule has 9 heavy (non-hydrogen) atoms. The number of carbonyl (C=O) groups excluding carboxylic acids is 1. The fraction of sp³-hybridized carbons (Fsp3) is 0.250. The topological polar surface area (TPSA) is 61.4 Å². The van der Waals surface area contributed by atoms with Gasteiger partial charge < -0.3 is 10.4 Å². The van der Waals surface area contributed by atoms with Gasteiger partial charge in [0, 0.05) is 12.3 Å². The van der Waals surface area contributed by atoms with Crippen molar-refractivity contribution in [2.45, 2.75) is 5.18 Å². The van der Waals surface area contributed by atoms with Gasteiger partial charge in [0.15, 0.2) is 0 Å². The molecule has 1 aliphatic heterocycles. The Labute approximate surface area is 57.3 Å². The molecule has 0 aromatic heterocycles. The second-order valence-electron chi connectivity index (χ2n) is 1.64. The summed E-state index contributed by atoms with van der Waals surface area (Å²) < 4.78 is 0. The highest BCUT2D eigenvalue weighted by molar-refractivity contribution is 7.81.